The van der Waals surface area contributed by atoms with Crippen LogP contribution in [0.2, 0.25) is 0 Å². The molecule has 4 rings (SSSR count). The van der Waals surface area contributed by atoms with E-state index in [0.717, 1.165) is 5.75 Å². The SMILES string of the molecule is O=C(Nc1ccc(Oc2ccccc2)cc1)c1cc(-c2ccc(F)cc2)on1. The summed E-state index contributed by atoms with van der Waals surface area (Å²) in [6.07, 6.45) is 0. The van der Waals surface area contributed by atoms with Crippen LogP contribution in [0.1, 0.15) is 10.5 Å². The number of ether oxygens (including phenoxy) is 1. The summed E-state index contributed by atoms with van der Waals surface area (Å²) in [5.41, 5.74) is 1.36. The molecule has 1 amide bonds. The zero-order valence-electron chi connectivity index (χ0n) is 14.6. The summed E-state index contributed by atoms with van der Waals surface area (Å²) in [7, 11) is 0. The van der Waals surface area contributed by atoms with Gasteiger partial charge in [-0.1, -0.05) is 23.4 Å². The Morgan fingerprint density at radius 1 is 0.893 bits per heavy atom. The smallest absolute Gasteiger partial charge is 0.277 e. The maximum Gasteiger partial charge on any atom is 0.277 e. The number of hydrogen-bond donors (Lipinski definition) is 1. The highest BCUT2D eigenvalue weighted by molar-refractivity contribution is 6.03. The van der Waals surface area contributed by atoms with Gasteiger partial charge in [0.1, 0.15) is 17.3 Å². The van der Waals surface area contributed by atoms with Crippen LogP contribution in [0.3, 0.4) is 0 Å². The molecule has 138 valence electrons. The number of anilines is 1. The average Bonchev–Trinajstić information content (AvgIpc) is 3.21. The molecule has 1 heterocycles. The van der Waals surface area contributed by atoms with E-state index >= 15 is 0 Å². The molecule has 1 aromatic heterocycles. The first-order valence-corrected chi connectivity index (χ1v) is 8.54. The van der Waals surface area contributed by atoms with E-state index in [1.807, 2.05) is 30.3 Å². The summed E-state index contributed by atoms with van der Waals surface area (Å²) >= 11 is 0. The van der Waals surface area contributed by atoms with E-state index in [1.54, 1.807) is 36.4 Å². The number of carbonyl (C=O) groups excluding carboxylic acids is 1. The Morgan fingerprint density at radius 2 is 1.57 bits per heavy atom. The van der Waals surface area contributed by atoms with Gasteiger partial charge in [0, 0.05) is 17.3 Å². The van der Waals surface area contributed by atoms with Crippen molar-refractivity contribution < 1.29 is 18.4 Å². The molecule has 1 N–H and O–H groups in total. The highest BCUT2D eigenvalue weighted by Crippen LogP contribution is 2.24. The molecule has 0 aliphatic rings. The van der Waals surface area contributed by atoms with Crippen LogP contribution in [0.25, 0.3) is 11.3 Å². The quantitative estimate of drug-likeness (QED) is 0.499. The second-order valence-corrected chi connectivity index (χ2v) is 5.98. The fraction of sp³-hybridized carbons (Fsp3) is 0. The summed E-state index contributed by atoms with van der Waals surface area (Å²) in [4.78, 5) is 12.4. The Bertz CT molecular complexity index is 1070. The molecule has 6 heteroatoms. The molecule has 0 radical (unpaired) electrons. The number of amides is 1. The van der Waals surface area contributed by atoms with E-state index in [9.17, 15) is 9.18 Å². The fourth-order valence-electron chi connectivity index (χ4n) is 2.56. The van der Waals surface area contributed by atoms with Gasteiger partial charge in [-0.15, -0.1) is 0 Å². The lowest BCUT2D eigenvalue weighted by Crippen LogP contribution is -2.11. The third-order valence-electron chi connectivity index (χ3n) is 3.96. The fourth-order valence-corrected chi connectivity index (χ4v) is 2.56. The number of carbonyl (C=O) groups is 1. The van der Waals surface area contributed by atoms with E-state index in [2.05, 4.69) is 10.5 Å². The van der Waals surface area contributed by atoms with Crippen LogP contribution in [0.5, 0.6) is 11.5 Å². The first-order valence-electron chi connectivity index (χ1n) is 8.54. The number of para-hydroxylation sites is 1. The Labute approximate surface area is 160 Å². The minimum absolute atomic E-state index is 0.129. The highest BCUT2D eigenvalue weighted by atomic mass is 19.1. The Balaban J connectivity index is 1.41. The lowest BCUT2D eigenvalue weighted by molar-refractivity contribution is 0.101. The van der Waals surface area contributed by atoms with Gasteiger partial charge < -0.3 is 14.6 Å². The van der Waals surface area contributed by atoms with Crippen molar-refractivity contribution in [2.45, 2.75) is 0 Å². The van der Waals surface area contributed by atoms with Gasteiger partial charge in [0.15, 0.2) is 11.5 Å². The molecule has 0 aliphatic carbocycles. The molecule has 0 spiro atoms. The molecule has 0 aliphatic heterocycles. The van der Waals surface area contributed by atoms with Crippen LogP contribution >= 0.6 is 0 Å². The van der Waals surface area contributed by atoms with Crippen LogP contribution in [0.15, 0.2) is 89.5 Å². The van der Waals surface area contributed by atoms with E-state index in [-0.39, 0.29) is 11.5 Å². The van der Waals surface area contributed by atoms with Gasteiger partial charge in [-0.3, -0.25) is 4.79 Å². The van der Waals surface area contributed by atoms with Crippen LogP contribution in [-0.4, -0.2) is 11.1 Å². The Morgan fingerprint density at radius 3 is 2.29 bits per heavy atom. The van der Waals surface area contributed by atoms with Gasteiger partial charge in [0.2, 0.25) is 0 Å². The van der Waals surface area contributed by atoms with Crippen molar-refractivity contribution in [1.82, 2.24) is 5.16 Å². The summed E-state index contributed by atoms with van der Waals surface area (Å²) < 4.78 is 23.9. The summed E-state index contributed by atoms with van der Waals surface area (Å²) in [5, 5.41) is 6.53. The molecule has 0 bridgehead atoms. The molecule has 0 unspecified atom stereocenters. The van der Waals surface area contributed by atoms with E-state index < -0.39 is 5.91 Å². The maximum atomic E-state index is 13.0. The lowest BCUT2D eigenvalue weighted by atomic mass is 10.1. The molecule has 5 nitrogen and oxygen atoms in total. The van der Waals surface area contributed by atoms with Crippen molar-refractivity contribution in [3.8, 4) is 22.8 Å². The van der Waals surface area contributed by atoms with Crippen LogP contribution in [0, 0.1) is 5.82 Å². The monoisotopic (exact) mass is 374 g/mol. The second-order valence-electron chi connectivity index (χ2n) is 5.98. The first kappa shape index (κ1) is 17.5. The molecule has 0 saturated heterocycles. The minimum Gasteiger partial charge on any atom is -0.457 e. The molecule has 0 fully saturated rings. The van der Waals surface area contributed by atoms with Crippen molar-refractivity contribution in [2.75, 3.05) is 5.32 Å². The summed E-state index contributed by atoms with van der Waals surface area (Å²) in [6, 6.07) is 23.7. The van der Waals surface area contributed by atoms with Gasteiger partial charge in [-0.2, -0.15) is 0 Å². The molecule has 4 aromatic rings. The van der Waals surface area contributed by atoms with Gasteiger partial charge in [-0.05, 0) is 60.7 Å². The molecule has 0 saturated carbocycles. The van der Waals surface area contributed by atoms with E-state index in [0.29, 0.717) is 22.8 Å². The van der Waals surface area contributed by atoms with Crippen molar-refractivity contribution in [2.24, 2.45) is 0 Å². The number of hydrogen-bond acceptors (Lipinski definition) is 4. The summed E-state index contributed by atoms with van der Waals surface area (Å²) in [6.45, 7) is 0. The number of benzene rings is 3. The maximum absolute atomic E-state index is 13.0. The van der Waals surface area contributed by atoms with Crippen molar-refractivity contribution >= 4 is 11.6 Å². The van der Waals surface area contributed by atoms with Gasteiger partial charge in [0.05, 0.1) is 0 Å². The molecular weight excluding hydrogens is 359 g/mol. The standard InChI is InChI=1S/C22H15FN2O3/c23-16-8-6-15(7-9-16)21-14-20(25-28-21)22(26)24-17-10-12-19(13-11-17)27-18-4-2-1-3-5-18/h1-14H,(H,24,26). The number of rotatable bonds is 5. The van der Waals surface area contributed by atoms with Crippen molar-refractivity contribution in [3.63, 3.8) is 0 Å². The van der Waals surface area contributed by atoms with E-state index in [4.69, 9.17) is 9.26 Å². The van der Waals surface area contributed by atoms with E-state index in [1.165, 1.54) is 18.2 Å². The number of nitrogens with one attached hydrogen (secondary N) is 1. The second kappa shape index (κ2) is 7.75. The number of nitrogens with zero attached hydrogens (tertiary/aromatic N) is 1. The molecule has 3 aromatic carbocycles. The molecular formula is C22H15FN2O3. The lowest BCUT2D eigenvalue weighted by Gasteiger charge is -2.07. The highest BCUT2D eigenvalue weighted by Gasteiger charge is 2.14. The van der Waals surface area contributed by atoms with Gasteiger partial charge >= 0.3 is 0 Å². The van der Waals surface area contributed by atoms with Crippen molar-refractivity contribution in [1.29, 1.82) is 0 Å². The normalized spacial score (nSPS) is 10.5. The average molecular weight is 374 g/mol. The van der Waals surface area contributed by atoms with Crippen LogP contribution in [0.4, 0.5) is 10.1 Å². The predicted octanol–water partition coefficient (Wildman–Crippen LogP) is 5.53. The third-order valence-corrected chi connectivity index (χ3v) is 3.96. The largest absolute Gasteiger partial charge is 0.457 e. The molecule has 0 atom stereocenters. The number of halogens is 1. The summed E-state index contributed by atoms with van der Waals surface area (Å²) in [5.74, 6) is 1.02. The van der Waals surface area contributed by atoms with Gasteiger partial charge in [-0.25, -0.2) is 4.39 Å². The van der Waals surface area contributed by atoms with Crippen LogP contribution in [-0.2, 0) is 0 Å². The zero-order chi connectivity index (χ0) is 19.3. The molecule has 28 heavy (non-hydrogen) atoms. The third kappa shape index (κ3) is 4.07. The first-order chi connectivity index (χ1) is 13.7. The topological polar surface area (TPSA) is 64.4 Å². The Hall–Kier alpha value is -3.93. The van der Waals surface area contributed by atoms with Crippen LogP contribution < -0.4 is 10.1 Å². The zero-order valence-corrected chi connectivity index (χ0v) is 14.6. The number of aromatic nitrogens is 1. The Kier molecular flexibility index (Phi) is 4.84. The minimum atomic E-state index is -0.408. The van der Waals surface area contributed by atoms with Crippen molar-refractivity contribution in [3.05, 3.63) is 96.4 Å². The predicted molar refractivity (Wildman–Crippen MR) is 103 cm³/mol. The van der Waals surface area contributed by atoms with Gasteiger partial charge in [0.25, 0.3) is 5.91 Å².